The van der Waals surface area contributed by atoms with Crippen molar-refractivity contribution >= 4 is 35.1 Å². The number of nitrogens with zero attached hydrogens (tertiary/aromatic N) is 2. The van der Waals surface area contributed by atoms with Crippen LogP contribution < -0.4 is 15.5 Å². The third kappa shape index (κ3) is 3.30. The molecule has 0 spiro atoms. The summed E-state index contributed by atoms with van der Waals surface area (Å²) in [6.07, 6.45) is 0.206. The Bertz CT molecular complexity index is 658. The molecule has 3 rings (SSSR count). The standard InChI is InChI=1S/C15H17ClN4O3/c16-11-2-1-10(14(22)19-7-4-17-5-8-19)9-12(11)20-6-3-13(21)18-15(20)23/h1-2,9,17H,3-8H2,(H,18,21,23). The molecule has 4 amide bonds. The van der Waals surface area contributed by atoms with E-state index in [9.17, 15) is 14.4 Å². The monoisotopic (exact) mass is 336 g/mol. The van der Waals surface area contributed by atoms with Crippen LogP contribution in [-0.4, -0.2) is 55.5 Å². The fraction of sp³-hybridized carbons (Fsp3) is 0.400. The molecule has 0 saturated carbocycles. The maximum absolute atomic E-state index is 12.6. The second-order valence-electron chi connectivity index (χ2n) is 5.46. The molecule has 7 nitrogen and oxygen atoms in total. The van der Waals surface area contributed by atoms with Crippen molar-refractivity contribution in [2.24, 2.45) is 0 Å². The molecule has 0 aromatic heterocycles. The van der Waals surface area contributed by atoms with Crippen LogP contribution in [0.2, 0.25) is 5.02 Å². The summed E-state index contributed by atoms with van der Waals surface area (Å²) in [5, 5.41) is 5.82. The van der Waals surface area contributed by atoms with Crippen LogP contribution in [0, 0.1) is 0 Å². The summed E-state index contributed by atoms with van der Waals surface area (Å²) in [7, 11) is 0. The van der Waals surface area contributed by atoms with Crippen LogP contribution in [0.1, 0.15) is 16.8 Å². The average molecular weight is 337 g/mol. The molecule has 2 saturated heterocycles. The third-order valence-electron chi connectivity index (χ3n) is 3.94. The van der Waals surface area contributed by atoms with E-state index in [1.54, 1.807) is 23.1 Å². The number of carbonyl (C=O) groups is 3. The molecule has 2 aliphatic rings. The molecule has 1 aromatic rings. The molecule has 2 heterocycles. The van der Waals surface area contributed by atoms with Gasteiger partial charge in [-0.15, -0.1) is 0 Å². The summed E-state index contributed by atoms with van der Waals surface area (Å²) < 4.78 is 0. The van der Waals surface area contributed by atoms with E-state index >= 15 is 0 Å². The van der Waals surface area contributed by atoms with Gasteiger partial charge in [0.2, 0.25) is 5.91 Å². The maximum atomic E-state index is 12.6. The number of rotatable bonds is 2. The molecule has 2 fully saturated rings. The van der Waals surface area contributed by atoms with Crippen molar-refractivity contribution in [2.45, 2.75) is 6.42 Å². The van der Waals surface area contributed by atoms with Crippen LogP contribution in [0.25, 0.3) is 0 Å². The van der Waals surface area contributed by atoms with Gasteiger partial charge in [-0.1, -0.05) is 11.6 Å². The van der Waals surface area contributed by atoms with Gasteiger partial charge in [0.1, 0.15) is 0 Å². The van der Waals surface area contributed by atoms with Crippen molar-refractivity contribution in [2.75, 3.05) is 37.6 Å². The molecule has 0 unspecified atom stereocenters. The van der Waals surface area contributed by atoms with E-state index in [1.165, 1.54) is 4.90 Å². The minimum atomic E-state index is -0.519. The maximum Gasteiger partial charge on any atom is 0.328 e. The van der Waals surface area contributed by atoms with Crippen LogP contribution in [-0.2, 0) is 4.79 Å². The van der Waals surface area contributed by atoms with Gasteiger partial charge < -0.3 is 10.2 Å². The predicted octanol–water partition coefficient (Wildman–Crippen LogP) is 0.832. The Morgan fingerprint density at radius 1 is 1.13 bits per heavy atom. The van der Waals surface area contributed by atoms with E-state index in [4.69, 9.17) is 11.6 Å². The van der Waals surface area contributed by atoms with Gasteiger partial charge in [-0.2, -0.15) is 0 Å². The highest BCUT2D eigenvalue weighted by Gasteiger charge is 2.27. The number of piperazine rings is 1. The van der Waals surface area contributed by atoms with E-state index in [-0.39, 0.29) is 24.8 Å². The van der Waals surface area contributed by atoms with Crippen molar-refractivity contribution in [1.29, 1.82) is 0 Å². The van der Waals surface area contributed by atoms with E-state index in [0.29, 0.717) is 29.4 Å². The summed E-state index contributed by atoms with van der Waals surface area (Å²) in [6.45, 7) is 3.08. The molecule has 0 aliphatic carbocycles. The zero-order chi connectivity index (χ0) is 16.4. The molecular weight excluding hydrogens is 320 g/mol. The van der Waals surface area contributed by atoms with Crippen LogP contribution >= 0.6 is 11.6 Å². The molecule has 0 atom stereocenters. The lowest BCUT2D eigenvalue weighted by Gasteiger charge is -2.29. The average Bonchev–Trinajstić information content (AvgIpc) is 2.56. The third-order valence-corrected chi connectivity index (χ3v) is 4.26. The Labute approximate surface area is 138 Å². The fourth-order valence-electron chi connectivity index (χ4n) is 2.70. The van der Waals surface area contributed by atoms with Gasteiger partial charge in [0.05, 0.1) is 10.7 Å². The van der Waals surface area contributed by atoms with Gasteiger partial charge in [-0.25, -0.2) is 4.79 Å². The van der Waals surface area contributed by atoms with Crippen molar-refractivity contribution in [3.63, 3.8) is 0 Å². The number of hydrogen-bond acceptors (Lipinski definition) is 4. The van der Waals surface area contributed by atoms with E-state index in [1.807, 2.05) is 0 Å². The quantitative estimate of drug-likeness (QED) is 0.838. The Kier molecular flexibility index (Phi) is 4.49. The SMILES string of the molecule is O=C1CCN(c2cc(C(=O)N3CCNCC3)ccc2Cl)C(=O)N1. The van der Waals surface area contributed by atoms with E-state index in [0.717, 1.165) is 13.1 Å². The molecule has 1 aromatic carbocycles. The molecule has 0 radical (unpaired) electrons. The number of benzene rings is 1. The van der Waals surface area contributed by atoms with Crippen LogP contribution in [0.4, 0.5) is 10.5 Å². The minimum Gasteiger partial charge on any atom is -0.336 e. The second kappa shape index (κ2) is 6.55. The fourth-order valence-corrected chi connectivity index (χ4v) is 2.92. The summed E-state index contributed by atoms with van der Waals surface area (Å²) in [5.74, 6) is -0.395. The van der Waals surface area contributed by atoms with Crippen LogP contribution in [0.5, 0.6) is 0 Å². The minimum absolute atomic E-state index is 0.0853. The Hall–Kier alpha value is -2.12. The highest BCUT2D eigenvalue weighted by atomic mass is 35.5. The second-order valence-corrected chi connectivity index (χ2v) is 5.87. The Morgan fingerprint density at radius 2 is 1.87 bits per heavy atom. The lowest BCUT2D eigenvalue weighted by molar-refractivity contribution is -0.120. The van der Waals surface area contributed by atoms with Crippen molar-refractivity contribution in [3.05, 3.63) is 28.8 Å². The molecule has 23 heavy (non-hydrogen) atoms. The zero-order valence-electron chi connectivity index (χ0n) is 12.5. The number of carbonyl (C=O) groups excluding carboxylic acids is 3. The molecule has 2 N–H and O–H groups in total. The number of urea groups is 1. The predicted molar refractivity (Wildman–Crippen MR) is 85.7 cm³/mol. The lowest BCUT2D eigenvalue weighted by Crippen LogP contribution is -2.49. The molecular formula is C15H17ClN4O3. The Balaban J connectivity index is 1.85. The number of hydrogen-bond donors (Lipinski definition) is 2. The number of amides is 4. The summed E-state index contributed by atoms with van der Waals surface area (Å²) >= 11 is 6.18. The molecule has 0 bridgehead atoms. The van der Waals surface area contributed by atoms with Crippen LogP contribution in [0.15, 0.2) is 18.2 Å². The van der Waals surface area contributed by atoms with Gasteiger partial charge >= 0.3 is 6.03 Å². The number of nitrogens with one attached hydrogen (secondary N) is 2. The van der Waals surface area contributed by atoms with Crippen molar-refractivity contribution < 1.29 is 14.4 Å². The molecule has 8 heteroatoms. The highest BCUT2D eigenvalue weighted by Crippen LogP contribution is 2.29. The summed E-state index contributed by atoms with van der Waals surface area (Å²) in [6, 6.07) is 4.36. The van der Waals surface area contributed by atoms with Crippen molar-refractivity contribution in [3.8, 4) is 0 Å². The van der Waals surface area contributed by atoms with Gasteiger partial charge in [0.25, 0.3) is 5.91 Å². The smallest absolute Gasteiger partial charge is 0.328 e. The summed E-state index contributed by atoms with van der Waals surface area (Å²) in [4.78, 5) is 38.9. The number of halogens is 1. The van der Waals surface area contributed by atoms with Gasteiger partial charge in [-0.05, 0) is 18.2 Å². The largest absolute Gasteiger partial charge is 0.336 e. The first kappa shape index (κ1) is 15.8. The van der Waals surface area contributed by atoms with Gasteiger partial charge in [-0.3, -0.25) is 19.8 Å². The first-order chi connectivity index (χ1) is 11.1. The topological polar surface area (TPSA) is 81.8 Å². The lowest BCUT2D eigenvalue weighted by atomic mass is 10.1. The number of imide groups is 1. The normalized spacial score (nSPS) is 18.8. The van der Waals surface area contributed by atoms with Crippen LogP contribution in [0.3, 0.4) is 0 Å². The highest BCUT2D eigenvalue weighted by molar-refractivity contribution is 6.34. The van der Waals surface area contributed by atoms with Gasteiger partial charge in [0.15, 0.2) is 0 Å². The van der Waals surface area contributed by atoms with Gasteiger partial charge in [0, 0.05) is 44.7 Å². The number of anilines is 1. The summed E-state index contributed by atoms with van der Waals surface area (Å²) in [5.41, 5.74) is 0.925. The first-order valence-electron chi connectivity index (χ1n) is 7.47. The van der Waals surface area contributed by atoms with E-state index < -0.39 is 6.03 Å². The first-order valence-corrected chi connectivity index (χ1v) is 7.85. The van der Waals surface area contributed by atoms with Crippen molar-refractivity contribution in [1.82, 2.24) is 15.5 Å². The zero-order valence-corrected chi connectivity index (χ0v) is 13.2. The molecule has 2 aliphatic heterocycles. The van der Waals surface area contributed by atoms with E-state index in [2.05, 4.69) is 10.6 Å². The molecule has 122 valence electrons. The Morgan fingerprint density at radius 3 is 2.57 bits per heavy atom.